The summed E-state index contributed by atoms with van der Waals surface area (Å²) in [5, 5.41) is 2.84. The first kappa shape index (κ1) is 18.5. The van der Waals surface area contributed by atoms with Crippen molar-refractivity contribution < 1.29 is 18.3 Å². The summed E-state index contributed by atoms with van der Waals surface area (Å²) in [4.78, 5) is 14.7. The van der Waals surface area contributed by atoms with Gasteiger partial charge in [0.25, 0.3) is 5.91 Å². The van der Waals surface area contributed by atoms with Gasteiger partial charge in [0.15, 0.2) is 17.3 Å². The summed E-state index contributed by atoms with van der Waals surface area (Å²) in [6.45, 7) is 6.89. The molecule has 1 amide bonds. The zero-order valence-electron chi connectivity index (χ0n) is 15.3. The highest BCUT2D eigenvalue weighted by Gasteiger charge is 2.18. The van der Waals surface area contributed by atoms with Gasteiger partial charge >= 0.3 is 0 Å². The van der Waals surface area contributed by atoms with E-state index in [2.05, 4.69) is 10.2 Å². The van der Waals surface area contributed by atoms with Crippen molar-refractivity contribution in [3.05, 3.63) is 53.2 Å². The molecular weight excluding hydrogens is 335 g/mol. The Bertz CT molecular complexity index is 753. The number of carbonyl (C=O) groups is 1. The molecule has 26 heavy (non-hydrogen) atoms. The average molecular weight is 360 g/mol. The molecule has 1 saturated heterocycles. The van der Waals surface area contributed by atoms with Crippen LogP contribution in [0.2, 0.25) is 0 Å². The van der Waals surface area contributed by atoms with Gasteiger partial charge in [-0.2, -0.15) is 0 Å². The molecule has 1 aliphatic rings. The van der Waals surface area contributed by atoms with Crippen LogP contribution in [-0.4, -0.2) is 30.5 Å². The van der Waals surface area contributed by atoms with Crippen molar-refractivity contribution >= 4 is 5.91 Å². The number of benzene rings is 1. The zero-order chi connectivity index (χ0) is 18.5. The number of hydrogen-bond acceptors (Lipinski definition) is 4. The van der Waals surface area contributed by atoms with Crippen LogP contribution < -0.4 is 10.1 Å². The van der Waals surface area contributed by atoms with Gasteiger partial charge in [-0.05, 0) is 69.6 Å². The molecule has 1 aromatic heterocycles. The Balaban J connectivity index is 1.60. The van der Waals surface area contributed by atoms with Crippen LogP contribution in [0.15, 0.2) is 34.7 Å². The number of nitrogens with one attached hydrogen (secondary N) is 1. The Morgan fingerprint density at radius 1 is 1.31 bits per heavy atom. The number of ether oxygens (including phenoxy) is 1. The summed E-state index contributed by atoms with van der Waals surface area (Å²) >= 11 is 0. The summed E-state index contributed by atoms with van der Waals surface area (Å²) in [6, 6.07) is 7.90. The molecule has 6 heteroatoms. The minimum Gasteiger partial charge on any atom is -0.491 e. The molecule has 0 saturated carbocycles. The monoisotopic (exact) mass is 360 g/mol. The highest BCUT2D eigenvalue weighted by atomic mass is 19.1. The Morgan fingerprint density at radius 3 is 2.77 bits per heavy atom. The van der Waals surface area contributed by atoms with Crippen molar-refractivity contribution in [1.29, 1.82) is 0 Å². The van der Waals surface area contributed by atoms with Gasteiger partial charge < -0.3 is 14.5 Å². The van der Waals surface area contributed by atoms with Gasteiger partial charge in [0, 0.05) is 0 Å². The first-order chi connectivity index (χ1) is 12.6. The smallest absolute Gasteiger partial charge is 0.287 e. The summed E-state index contributed by atoms with van der Waals surface area (Å²) in [5.41, 5.74) is 0.670. The van der Waals surface area contributed by atoms with Gasteiger partial charge in [-0.3, -0.25) is 9.69 Å². The zero-order valence-corrected chi connectivity index (χ0v) is 15.3. The van der Waals surface area contributed by atoms with Gasteiger partial charge in [-0.25, -0.2) is 4.39 Å². The number of amides is 1. The van der Waals surface area contributed by atoms with Gasteiger partial charge in [-0.15, -0.1) is 0 Å². The van der Waals surface area contributed by atoms with Crippen molar-refractivity contribution in [1.82, 2.24) is 10.2 Å². The Kier molecular flexibility index (Phi) is 5.93. The first-order valence-electron chi connectivity index (χ1n) is 9.11. The molecule has 1 aromatic carbocycles. The molecule has 2 heterocycles. The lowest BCUT2D eigenvalue weighted by atomic mass is 10.1. The van der Waals surface area contributed by atoms with Crippen LogP contribution in [0.4, 0.5) is 4.39 Å². The number of halogens is 1. The summed E-state index contributed by atoms with van der Waals surface area (Å²) in [5.74, 6) is 0.539. The molecule has 1 fully saturated rings. The molecule has 1 aliphatic heterocycles. The standard InChI is InChI=1S/C20H25FN2O3/c1-3-25-18-8-6-15(12-17(18)21)14(2)22-20(24)19-9-7-16(26-19)13-23-10-4-5-11-23/h6-9,12,14H,3-5,10-11,13H2,1-2H3,(H,22,24)/t14-/m1/s1. The van der Waals surface area contributed by atoms with Gasteiger partial charge in [0.05, 0.1) is 19.2 Å². The fraction of sp³-hybridized carbons (Fsp3) is 0.450. The highest BCUT2D eigenvalue weighted by molar-refractivity contribution is 5.91. The number of rotatable bonds is 7. The molecule has 0 unspecified atom stereocenters. The maximum Gasteiger partial charge on any atom is 0.287 e. The number of nitrogens with zero attached hydrogens (tertiary/aromatic N) is 1. The minimum absolute atomic E-state index is 0.215. The van der Waals surface area contributed by atoms with Crippen LogP contribution in [0.25, 0.3) is 0 Å². The fourth-order valence-corrected chi connectivity index (χ4v) is 3.16. The van der Waals surface area contributed by atoms with Crippen LogP contribution >= 0.6 is 0 Å². The molecule has 0 spiro atoms. The maximum absolute atomic E-state index is 14.0. The van der Waals surface area contributed by atoms with Crippen LogP contribution in [0.5, 0.6) is 5.75 Å². The number of carbonyl (C=O) groups excluding carboxylic acids is 1. The molecule has 3 rings (SSSR count). The normalized spacial score (nSPS) is 15.8. The number of furan rings is 1. The van der Waals surface area contributed by atoms with Gasteiger partial charge in [0.2, 0.25) is 0 Å². The summed E-state index contributed by atoms with van der Waals surface area (Å²) in [6.07, 6.45) is 2.43. The predicted octanol–water partition coefficient (Wildman–Crippen LogP) is 3.90. The van der Waals surface area contributed by atoms with Crippen molar-refractivity contribution in [3.8, 4) is 5.75 Å². The topological polar surface area (TPSA) is 54.7 Å². The SMILES string of the molecule is CCOc1ccc([C@@H](C)NC(=O)c2ccc(CN3CCCC3)o2)cc1F. The predicted molar refractivity (Wildman–Crippen MR) is 96.7 cm³/mol. The second-order valence-electron chi connectivity index (χ2n) is 6.57. The quantitative estimate of drug-likeness (QED) is 0.813. The highest BCUT2D eigenvalue weighted by Crippen LogP contribution is 2.23. The first-order valence-corrected chi connectivity index (χ1v) is 9.11. The number of likely N-dealkylation sites (tertiary alicyclic amines) is 1. The third-order valence-electron chi connectivity index (χ3n) is 4.57. The minimum atomic E-state index is -0.434. The largest absolute Gasteiger partial charge is 0.491 e. The maximum atomic E-state index is 14.0. The summed E-state index contributed by atoms with van der Waals surface area (Å²) in [7, 11) is 0. The van der Waals surface area contributed by atoms with E-state index in [0.29, 0.717) is 12.2 Å². The van der Waals surface area contributed by atoms with E-state index in [1.807, 2.05) is 6.07 Å². The molecular formula is C20H25FN2O3. The Hall–Kier alpha value is -2.34. The van der Waals surface area contributed by atoms with E-state index in [4.69, 9.17) is 9.15 Å². The Labute approximate surface area is 153 Å². The third-order valence-corrected chi connectivity index (χ3v) is 4.57. The van der Waals surface area contributed by atoms with E-state index in [0.717, 1.165) is 25.4 Å². The van der Waals surface area contributed by atoms with Crippen molar-refractivity contribution in [2.45, 2.75) is 39.3 Å². The lowest BCUT2D eigenvalue weighted by Crippen LogP contribution is -2.26. The molecule has 0 radical (unpaired) electrons. The van der Waals surface area contributed by atoms with Crippen LogP contribution in [0, 0.1) is 5.82 Å². The molecule has 0 bridgehead atoms. The van der Waals surface area contributed by atoms with Crippen molar-refractivity contribution in [2.24, 2.45) is 0 Å². The number of hydrogen-bond donors (Lipinski definition) is 1. The fourth-order valence-electron chi connectivity index (χ4n) is 3.16. The van der Waals surface area contributed by atoms with Crippen molar-refractivity contribution in [2.75, 3.05) is 19.7 Å². The molecule has 0 aliphatic carbocycles. The molecule has 1 atom stereocenters. The van der Waals surface area contributed by atoms with Gasteiger partial charge in [-0.1, -0.05) is 6.07 Å². The van der Waals surface area contributed by atoms with E-state index in [-0.39, 0.29) is 23.5 Å². The summed E-state index contributed by atoms with van der Waals surface area (Å²) < 4.78 is 24.9. The lowest BCUT2D eigenvalue weighted by molar-refractivity contribution is 0.0908. The van der Waals surface area contributed by atoms with E-state index in [1.54, 1.807) is 32.0 Å². The van der Waals surface area contributed by atoms with Crippen molar-refractivity contribution in [3.63, 3.8) is 0 Å². The van der Waals surface area contributed by atoms with E-state index < -0.39 is 5.82 Å². The van der Waals surface area contributed by atoms with Crippen LogP contribution in [0.3, 0.4) is 0 Å². The second kappa shape index (κ2) is 8.36. The van der Waals surface area contributed by atoms with E-state index in [9.17, 15) is 9.18 Å². The second-order valence-corrected chi connectivity index (χ2v) is 6.57. The molecule has 5 nitrogen and oxygen atoms in total. The van der Waals surface area contributed by atoms with E-state index >= 15 is 0 Å². The van der Waals surface area contributed by atoms with E-state index in [1.165, 1.54) is 18.9 Å². The van der Waals surface area contributed by atoms with Crippen LogP contribution in [-0.2, 0) is 6.54 Å². The Morgan fingerprint density at radius 2 is 2.08 bits per heavy atom. The molecule has 140 valence electrons. The lowest BCUT2D eigenvalue weighted by Gasteiger charge is -2.15. The third kappa shape index (κ3) is 4.43. The van der Waals surface area contributed by atoms with Crippen LogP contribution in [0.1, 0.15) is 54.6 Å². The molecule has 1 N–H and O–H groups in total. The molecule has 2 aromatic rings. The average Bonchev–Trinajstić information content (AvgIpc) is 3.29. The van der Waals surface area contributed by atoms with Gasteiger partial charge in [0.1, 0.15) is 5.76 Å².